The lowest BCUT2D eigenvalue weighted by atomic mass is 10.0. The van der Waals surface area contributed by atoms with E-state index in [9.17, 15) is 24.5 Å². The van der Waals surface area contributed by atoms with E-state index in [1.807, 2.05) is 26.0 Å². The van der Waals surface area contributed by atoms with Crippen molar-refractivity contribution in [1.29, 1.82) is 0 Å². The molecule has 0 aliphatic carbocycles. The number of rotatable bonds is 7. The third-order valence-corrected chi connectivity index (χ3v) is 6.70. The zero-order valence-electron chi connectivity index (χ0n) is 19.9. The number of nitro groups is 1. The fourth-order valence-corrected chi connectivity index (χ4v) is 4.48. The Morgan fingerprint density at radius 3 is 2.47 bits per heavy atom. The van der Waals surface area contributed by atoms with Crippen molar-refractivity contribution < 1.29 is 23.7 Å². The lowest BCUT2D eigenvalue weighted by Crippen LogP contribution is -2.36. The first-order chi connectivity index (χ1) is 17.2. The van der Waals surface area contributed by atoms with E-state index in [0.29, 0.717) is 23.0 Å². The molecule has 10 heteroatoms. The van der Waals surface area contributed by atoms with Gasteiger partial charge in [-0.05, 0) is 79.1 Å². The summed E-state index contributed by atoms with van der Waals surface area (Å²) in [4.78, 5) is 49.6. The fraction of sp³-hybridized carbons (Fsp3) is 0.192. The first kappa shape index (κ1) is 24.9. The molecule has 0 saturated carbocycles. The molecule has 2 aromatic carbocycles. The van der Waals surface area contributed by atoms with Gasteiger partial charge in [-0.3, -0.25) is 29.4 Å². The van der Waals surface area contributed by atoms with Gasteiger partial charge in [0.2, 0.25) is 5.91 Å². The van der Waals surface area contributed by atoms with Crippen LogP contribution < -0.4 is 5.32 Å². The average Bonchev–Trinajstić information content (AvgIpc) is 3.41. The summed E-state index contributed by atoms with van der Waals surface area (Å²) in [6.07, 6.45) is 2.26. The number of thioether (sulfide) groups is 1. The number of amides is 3. The zero-order chi connectivity index (χ0) is 26.0. The van der Waals surface area contributed by atoms with E-state index in [4.69, 9.17) is 4.42 Å². The molecule has 9 nitrogen and oxygen atoms in total. The standard InChI is InChI=1S/C26H23N3O6S/c1-4-17-5-7-18(8-6-17)27-24(30)14-28-25(31)23(36-26(28)32)13-19-9-10-22(35-19)20-11-15(2)16(3)12-21(20)29(33)34/h5-13H,4,14H2,1-3H3,(H,27,30)/b23-13-. The second kappa shape index (κ2) is 10.2. The Labute approximate surface area is 211 Å². The predicted molar refractivity (Wildman–Crippen MR) is 137 cm³/mol. The molecule has 1 aliphatic rings. The number of nitrogens with one attached hydrogen (secondary N) is 1. The monoisotopic (exact) mass is 505 g/mol. The minimum atomic E-state index is -0.614. The van der Waals surface area contributed by atoms with Crippen LogP contribution in [0.5, 0.6) is 0 Å². The van der Waals surface area contributed by atoms with Crippen molar-refractivity contribution in [2.45, 2.75) is 27.2 Å². The molecular formula is C26H23N3O6S. The van der Waals surface area contributed by atoms with Crippen LogP contribution in [0, 0.1) is 24.0 Å². The Balaban J connectivity index is 1.49. The van der Waals surface area contributed by atoms with Gasteiger partial charge in [-0.25, -0.2) is 0 Å². The Kier molecular flexibility index (Phi) is 7.07. The number of carbonyl (C=O) groups is 3. The van der Waals surface area contributed by atoms with Gasteiger partial charge in [0.05, 0.1) is 15.4 Å². The van der Waals surface area contributed by atoms with Crippen molar-refractivity contribution in [2.24, 2.45) is 0 Å². The molecule has 1 N–H and O–H groups in total. The SMILES string of the molecule is CCc1ccc(NC(=O)CN2C(=O)S/C(=C\c3ccc(-c4cc(C)c(C)cc4[N+](=O)[O-])o3)C2=O)cc1. The van der Waals surface area contributed by atoms with Crippen molar-refractivity contribution in [1.82, 2.24) is 4.90 Å². The Bertz CT molecular complexity index is 1410. The van der Waals surface area contributed by atoms with Gasteiger partial charge < -0.3 is 9.73 Å². The highest BCUT2D eigenvalue weighted by molar-refractivity contribution is 8.18. The normalized spacial score (nSPS) is 14.5. The fourth-order valence-electron chi connectivity index (χ4n) is 3.66. The number of nitro benzene ring substituents is 1. The maximum Gasteiger partial charge on any atom is 0.294 e. The number of nitrogens with zero attached hydrogens (tertiary/aromatic N) is 2. The molecular weight excluding hydrogens is 482 g/mol. The molecule has 1 aliphatic heterocycles. The topological polar surface area (TPSA) is 123 Å². The number of hydrogen-bond acceptors (Lipinski definition) is 7. The summed E-state index contributed by atoms with van der Waals surface area (Å²) >= 11 is 0.698. The summed E-state index contributed by atoms with van der Waals surface area (Å²) in [5.41, 5.74) is 3.58. The summed E-state index contributed by atoms with van der Waals surface area (Å²) in [7, 11) is 0. The van der Waals surface area contributed by atoms with Gasteiger partial charge in [0.1, 0.15) is 18.1 Å². The molecule has 0 spiro atoms. The van der Waals surface area contributed by atoms with E-state index in [1.165, 1.54) is 12.1 Å². The lowest BCUT2D eigenvalue weighted by Gasteiger charge is -2.12. The van der Waals surface area contributed by atoms with Gasteiger partial charge in [-0.15, -0.1) is 0 Å². The summed E-state index contributed by atoms with van der Waals surface area (Å²) in [6.45, 7) is 5.24. The number of imide groups is 1. The third-order valence-electron chi connectivity index (χ3n) is 5.80. The zero-order valence-corrected chi connectivity index (χ0v) is 20.7. The molecule has 0 bridgehead atoms. The Hall–Kier alpha value is -4.18. The molecule has 1 aromatic heterocycles. The van der Waals surface area contributed by atoms with Gasteiger partial charge in [0, 0.05) is 17.8 Å². The highest BCUT2D eigenvalue weighted by Gasteiger charge is 2.36. The second-order valence-electron chi connectivity index (χ2n) is 8.28. The molecule has 0 radical (unpaired) electrons. The highest BCUT2D eigenvalue weighted by Crippen LogP contribution is 2.36. The van der Waals surface area contributed by atoms with Crippen molar-refractivity contribution in [3.63, 3.8) is 0 Å². The van der Waals surface area contributed by atoms with Crippen LogP contribution in [0.1, 0.15) is 29.4 Å². The number of carbonyl (C=O) groups excluding carboxylic acids is 3. The summed E-state index contributed by atoms with van der Waals surface area (Å²) in [5, 5.41) is 13.6. The maximum atomic E-state index is 12.8. The number of benzene rings is 2. The third kappa shape index (κ3) is 5.23. The predicted octanol–water partition coefficient (Wildman–Crippen LogP) is 5.71. The number of furan rings is 1. The second-order valence-corrected chi connectivity index (χ2v) is 9.27. The average molecular weight is 506 g/mol. The highest BCUT2D eigenvalue weighted by atomic mass is 32.2. The minimum Gasteiger partial charge on any atom is -0.456 e. The van der Waals surface area contributed by atoms with Crippen molar-refractivity contribution in [3.05, 3.63) is 86.0 Å². The van der Waals surface area contributed by atoms with Crippen LogP contribution in [-0.2, 0) is 16.0 Å². The van der Waals surface area contributed by atoms with Gasteiger partial charge in [-0.1, -0.05) is 19.1 Å². The summed E-state index contributed by atoms with van der Waals surface area (Å²) < 4.78 is 5.76. The quantitative estimate of drug-likeness (QED) is 0.248. The van der Waals surface area contributed by atoms with Crippen LogP contribution in [-0.4, -0.2) is 33.4 Å². The molecule has 0 unspecified atom stereocenters. The van der Waals surface area contributed by atoms with Gasteiger partial charge in [-0.2, -0.15) is 0 Å². The minimum absolute atomic E-state index is 0.0883. The molecule has 2 heterocycles. The molecule has 36 heavy (non-hydrogen) atoms. The Morgan fingerprint density at radius 2 is 1.81 bits per heavy atom. The number of hydrogen-bond donors (Lipinski definition) is 1. The van der Waals surface area contributed by atoms with Crippen molar-refractivity contribution >= 4 is 46.3 Å². The van der Waals surface area contributed by atoms with Crippen LogP contribution in [0.2, 0.25) is 0 Å². The summed E-state index contributed by atoms with van der Waals surface area (Å²) in [6, 6.07) is 13.6. The van der Waals surface area contributed by atoms with Crippen molar-refractivity contribution in [2.75, 3.05) is 11.9 Å². The molecule has 0 atom stereocenters. The van der Waals surface area contributed by atoms with Gasteiger partial charge in [0.15, 0.2) is 0 Å². The maximum absolute atomic E-state index is 12.8. The largest absolute Gasteiger partial charge is 0.456 e. The van der Waals surface area contributed by atoms with E-state index >= 15 is 0 Å². The van der Waals surface area contributed by atoms with E-state index < -0.39 is 28.5 Å². The molecule has 3 amide bonds. The molecule has 3 aromatic rings. The smallest absolute Gasteiger partial charge is 0.294 e. The van der Waals surface area contributed by atoms with Gasteiger partial charge in [0.25, 0.3) is 16.8 Å². The van der Waals surface area contributed by atoms with Gasteiger partial charge >= 0.3 is 0 Å². The summed E-state index contributed by atoms with van der Waals surface area (Å²) in [5.74, 6) is -0.589. The van der Waals surface area contributed by atoms with Crippen LogP contribution in [0.15, 0.2) is 57.9 Å². The van der Waals surface area contributed by atoms with E-state index in [-0.39, 0.29) is 22.1 Å². The van der Waals surface area contributed by atoms with Crippen molar-refractivity contribution in [3.8, 4) is 11.3 Å². The van der Waals surface area contributed by atoms with E-state index in [1.54, 1.807) is 37.3 Å². The molecule has 4 rings (SSSR count). The first-order valence-corrected chi connectivity index (χ1v) is 12.0. The first-order valence-electron chi connectivity index (χ1n) is 11.2. The van der Waals surface area contributed by atoms with Crippen LogP contribution in [0.25, 0.3) is 17.4 Å². The number of aryl methyl sites for hydroxylation is 3. The van der Waals surface area contributed by atoms with Crippen LogP contribution >= 0.6 is 11.8 Å². The molecule has 1 saturated heterocycles. The number of anilines is 1. The molecule has 1 fully saturated rings. The van der Waals surface area contributed by atoms with E-state index in [2.05, 4.69) is 5.32 Å². The van der Waals surface area contributed by atoms with Crippen LogP contribution in [0.3, 0.4) is 0 Å². The lowest BCUT2D eigenvalue weighted by molar-refractivity contribution is -0.384. The van der Waals surface area contributed by atoms with E-state index in [0.717, 1.165) is 28.0 Å². The molecule has 184 valence electrons. The van der Waals surface area contributed by atoms with Crippen LogP contribution in [0.4, 0.5) is 16.2 Å². The Morgan fingerprint density at radius 1 is 1.11 bits per heavy atom.